The minimum Gasteiger partial charge on any atom is -0.497 e. The van der Waals surface area contributed by atoms with E-state index < -0.39 is 0 Å². The molecule has 1 aromatic heterocycles. The first-order valence-electron chi connectivity index (χ1n) is 6.10. The zero-order valence-corrected chi connectivity index (χ0v) is 11.4. The first-order chi connectivity index (χ1) is 8.58. The van der Waals surface area contributed by atoms with Crippen molar-refractivity contribution in [3.8, 4) is 5.75 Å². The molecule has 98 valence electrons. The van der Waals surface area contributed by atoms with E-state index in [0.717, 1.165) is 11.3 Å². The standard InChI is InChI=1S/C14H21N3O/c1-9-5-10(18-4)6-11-12(8-16-14(9)11)13(7-15)17(2)3/h5-6,8,13,16H,7,15H2,1-4H3. The largest absolute Gasteiger partial charge is 0.497 e. The van der Waals surface area contributed by atoms with E-state index >= 15 is 0 Å². The molecular formula is C14H21N3O. The summed E-state index contributed by atoms with van der Waals surface area (Å²) in [6.45, 7) is 2.68. The molecule has 0 amide bonds. The summed E-state index contributed by atoms with van der Waals surface area (Å²) in [6, 6.07) is 4.32. The molecule has 2 rings (SSSR count). The number of aryl methyl sites for hydroxylation is 1. The van der Waals surface area contributed by atoms with Crippen molar-refractivity contribution < 1.29 is 4.74 Å². The van der Waals surface area contributed by atoms with Crippen LogP contribution in [0.15, 0.2) is 18.3 Å². The van der Waals surface area contributed by atoms with Gasteiger partial charge in [-0.3, -0.25) is 0 Å². The smallest absolute Gasteiger partial charge is 0.119 e. The van der Waals surface area contributed by atoms with Crippen molar-refractivity contribution in [2.24, 2.45) is 5.73 Å². The van der Waals surface area contributed by atoms with E-state index in [1.165, 1.54) is 16.5 Å². The molecule has 0 aliphatic carbocycles. The number of methoxy groups -OCH3 is 1. The molecule has 0 spiro atoms. The molecule has 2 aromatic rings. The van der Waals surface area contributed by atoms with Gasteiger partial charge in [0.25, 0.3) is 0 Å². The molecule has 4 nitrogen and oxygen atoms in total. The van der Waals surface area contributed by atoms with Crippen LogP contribution in [0.3, 0.4) is 0 Å². The quantitative estimate of drug-likeness (QED) is 0.869. The number of nitrogens with one attached hydrogen (secondary N) is 1. The van der Waals surface area contributed by atoms with Crippen molar-refractivity contribution in [3.63, 3.8) is 0 Å². The number of ether oxygens (including phenoxy) is 1. The average Bonchev–Trinajstić information content (AvgIpc) is 2.74. The number of hydrogen-bond acceptors (Lipinski definition) is 3. The summed E-state index contributed by atoms with van der Waals surface area (Å²) in [6.07, 6.45) is 2.05. The van der Waals surface area contributed by atoms with Crippen molar-refractivity contribution in [1.82, 2.24) is 9.88 Å². The lowest BCUT2D eigenvalue weighted by Crippen LogP contribution is -2.26. The van der Waals surface area contributed by atoms with Gasteiger partial charge in [-0.2, -0.15) is 0 Å². The Balaban J connectivity index is 2.61. The minimum atomic E-state index is 0.213. The summed E-state index contributed by atoms with van der Waals surface area (Å²) in [5.74, 6) is 0.885. The molecule has 0 fully saturated rings. The molecule has 0 saturated heterocycles. The van der Waals surface area contributed by atoms with Gasteiger partial charge in [0.1, 0.15) is 5.75 Å². The van der Waals surface area contributed by atoms with Gasteiger partial charge in [-0.05, 0) is 44.3 Å². The number of aromatic amines is 1. The summed E-state index contributed by atoms with van der Waals surface area (Å²) in [5.41, 5.74) is 9.44. The van der Waals surface area contributed by atoms with E-state index in [1.807, 2.05) is 20.2 Å². The van der Waals surface area contributed by atoms with Crippen molar-refractivity contribution in [3.05, 3.63) is 29.5 Å². The van der Waals surface area contributed by atoms with Crippen LogP contribution in [0.1, 0.15) is 17.2 Å². The lowest BCUT2D eigenvalue weighted by Gasteiger charge is -2.22. The van der Waals surface area contributed by atoms with Crippen LogP contribution in [-0.2, 0) is 0 Å². The van der Waals surface area contributed by atoms with E-state index in [2.05, 4.69) is 29.1 Å². The Labute approximate surface area is 108 Å². The number of fused-ring (bicyclic) bond motifs is 1. The topological polar surface area (TPSA) is 54.3 Å². The molecule has 1 atom stereocenters. The van der Waals surface area contributed by atoms with E-state index in [-0.39, 0.29) is 6.04 Å². The molecule has 0 bridgehead atoms. The summed E-state index contributed by atoms with van der Waals surface area (Å²) in [4.78, 5) is 5.48. The van der Waals surface area contributed by atoms with Gasteiger partial charge in [-0.15, -0.1) is 0 Å². The minimum absolute atomic E-state index is 0.213. The molecule has 0 saturated carbocycles. The van der Waals surface area contributed by atoms with Gasteiger partial charge in [-0.25, -0.2) is 0 Å². The van der Waals surface area contributed by atoms with Crippen LogP contribution in [0, 0.1) is 6.92 Å². The van der Waals surface area contributed by atoms with Crippen molar-refractivity contribution in [2.75, 3.05) is 27.7 Å². The lowest BCUT2D eigenvalue weighted by atomic mass is 10.0. The molecule has 0 aliphatic heterocycles. The Kier molecular flexibility index (Phi) is 3.59. The van der Waals surface area contributed by atoms with E-state index in [9.17, 15) is 0 Å². The van der Waals surface area contributed by atoms with Crippen molar-refractivity contribution in [1.29, 1.82) is 0 Å². The Morgan fingerprint density at radius 3 is 2.67 bits per heavy atom. The molecule has 3 N–H and O–H groups in total. The normalized spacial score (nSPS) is 13.2. The molecule has 18 heavy (non-hydrogen) atoms. The predicted molar refractivity (Wildman–Crippen MR) is 75.1 cm³/mol. The summed E-state index contributed by atoms with van der Waals surface area (Å²) in [7, 11) is 5.78. The zero-order chi connectivity index (χ0) is 13.3. The first kappa shape index (κ1) is 12.9. The van der Waals surface area contributed by atoms with Gasteiger partial charge in [0.05, 0.1) is 7.11 Å². The van der Waals surface area contributed by atoms with Gasteiger partial charge < -0.3 is 20.4 Å². The van der Waals surface area contributed by atoms with Gasteiger partial charge in [0.15, 0.2) is 0 Å². The number of hydrogen-bond donors (Lipinski definition) is 2. The highest BCUT2D eigenvalue weighted by atomic mass is 16.5. The van der Waals surface area contributed by atoms with Crippen LogP contribution >= 0.6 is 0 Å². The van der Waals surface area contributed by atoms with Crippen LogP contribution < -0.4 is 10.5 Å². The predicted octanol–water partition coefficient (Wildman–Crippen LogP) is 2.05. The Bertz CT molecular complexity index is 545. The van der Waals surface area contributed by atoms with Crippen LogP contribution in [0.4, 0.5) is 0 Å². The van der Waals surface area contributed by atoms with Crippen LogP contribution in [0.2, 0.25) is 0 Å². The molecule has 0 aliphatic rings. The Morgan fingerprint density at radius 1 is 1.39 bits per heavy atom. The highest BCUT2D eigenvalue weighted by Crippen LogP contribution is 2.31. The molecule has 1 unspecified atom stereocenters. The third-order valence-electron chi connectivity index (χ3n) is 3.43. The maximum Gasteiger partial charge on any atom is 0.119 e. The first-order valence-corrected chi connectivity index (χ1v) is 6.10. The zero-order valence-electron chi connectivity index (χ0n) is 11.4. The average molecular weight is 247 g/mol. The highest BCUT2D eigenvalue weighted by molar-refractivity contribution is 5.87. The van der Waals surface area contributed by atoms with E-state index in [0.29, 0.717) is 6.54 Å². The van der Waals surface area contributed by atoms with Gasteiger partial charge in [0.2, 0.25) is 0 Å². The maximum absolute atomic E-state index is 5.88. The van der Waals surface area contributed by atoms with Crippen molar-refractivity contribution in [2.45, 2.75) is 13.0 Å². The molecule has 0 radical (unpaired) electrons. The Morgan fingerprint density at radius 2 is 2.11 bits per heavy atom. The lowest BCUT2D eigenvalue weighted by molar-refractivity contribution is 0.307. The fraction of sp³-hybridized carbons (Fsp3) is 0.429. The number of benzene rings is 1. The van der Waals surface area contributed by atoms with Gasteiger partial charge in [0, 0.05) is 29.7 Å². The number of H-pyrrole nitrogens is 1. The van der Waals surface area contributed by atoms with Gasteiger partial charge >= 0.3 is 0 Å². The third-order valence-corrected chi connectivity index (χ3v) is 3.43. The number of aromatic nitrogens is 1. The monoisotopic (exact) mass is 247 g/mol. The Hall–Kier alpha value is -1.52. The number of rotatable bonds is 4. The number of likely N-dealkylation sites (N-methyl/N-ethyl adjacent to an activating group) is 1. The maximum atomic E-state index is 5.88. The van der Waals surface area contributed by atoms with Gasteiger partial charge in [-0.1, -0.05) is 0 Å². The second kappa shape index (κ2) is 5.00. The van der Waals surface area contributed by atoms with Crippen LogP contribution in [0.25, 0.3) is 10.9 Å². The second-order valence-electron chi connectivity index (χ2n) is 4.83. The third kappa shape index (κ3) is 2.09. The highest BCUT2D eigenvalue weighted by Gasteiger charge is 2.17. The molecule has 1 aromatic carbocycles. The number of nitrogens with zero attached hydrogens (tertiary/aromatic N) is 1. The number of nitrogens with two attached hydrogens (primary N) is 1. The molecule has 1 heterocycles. The fourth-order valence-corrected chi connectivity index (χ4v) is 2.41. The summed E-state index contributed by atoms with van der Waals surface area (Å²) < 4.78 is 5.34. The summed E-state index contributed by atoms with van der Waals surface area (Å²) in [5, 5.41) is 1.19. The molecular weight excluding hydrogens is 226 g/mol. The fourth-order valence-electron chi connectivity index (χ4n) is 2.41. The van der Waals surface area contributed by atoms with Crippen LogP contribution in [0.5, 0.6) is 5.75 Å². The van der Waals surface area contributed by atoms with Crippen LogP contribution in [-0.4, -0.2) is 37.6 Å². The SMILES string of the molecule is COc1cc(C)c2[nH]cc(C(CN)N(C)C)c2c1. The van der Waals surface area contributed by atoms with E-state index in [1.54, 1.807) is 7.11 Å². The van der Waals surface area contributed by atoms with Crippen molar-refractivity contribution >= 4 is 10.9 Å². The second-order valence-corrected chi connectivity index (χ2v) is 4.83. The van der Waals surface area contributed by atoms with E-state index in [4.69, 9.17) is 10.5 Å². The summed E-state index contributed by atoms with van der Waals surface area (Å²) >= 11 is 0. The molecule has 4 heteroatoms.